The summed E-state index contributed by atoms with van der Waals surface area (Å²) < 4.78 is 30.6. The van der Waals surface area contributed by atoms with Gasteiger partial charge in [-0.1, -0.05) is 25.4 Å². The Morgan fingerprint density at radius 3 is 2.42 bits per heavy atom. The highest BCUT2D eigenvalue weighted by atomic mass is 35.5. The zero-order valence-electron chi connectivity index (χ0n) is 14.3. The number of rotatable bonds is 4. The summed E-state index contributed by atoms with van der Waals surface area (Å²) in [6.07, 6.45) is 1.28. The third-order valence-electron chi connectivity index (χ3n) is 4.17. The summed E-state index contributed by atoms with van der Waals surface area (Å²) in [4.78, 5) is 8.05. The Balaban J connectivity index is 2.33. The molecule has 3 rings (SSSR count). The van der Waals surface area contributed by atoms with Crippen molar-refractivity contribution in [1.29, 1.82) is 5.26 Å². The summed E-state index contributed by atoms with van der Waals surface area (Å²) in [5.74, 6) is -1.12. The van der Waals surface area contributed by atoms with Crippen molar-refractivity contribution in [2.24, 2.45) is 5.92 Å². The molecule has 0 aliphatic carbocycles. The van der Waals surface area contributed by atoms with E-state index in [1.54, 1.807) is 6.07 Å². The maximum Gasteiger partial charge on any atom is 0.255 e. The Morgan fingerprint density at radius 2 is 1.85 bits per heavy atom. The minimum absolute atomic E-state index is 0.0247. The Kier molecular flexibility index (Phi) is 4.74. The number of aromatic nitrogens is 4. The molecule has 3 aromatic rings. The predicted octanol–water partition coefficient (Wildman–Crippen LogP) is 4.05. The second kappa shape index (κ2) is 6.84. The molecule has 0 bridgehead atoms. The fourth-order valence-electron chi connectivity index (χ4n) is 2.43. The van der Waals surface area contributed by atoms with Gasteiger partial charge in [0.15, 0.2) is 0 Å². The highest BCUT2D eigenvalue weighted by molar-refractivity contribution is 6.33. The van der Waals surface area contributed by atoms with E-state index in [4.69, 9.17) is 16.9 Å². The molecule has 1 atom stereocenters. The van der Waals surface area contributed by atoms with Gasteiger partial charge in [-0.3, -0.25) is 0 Å². The van der Waals surface area contributed by atoms with Crippen LogP contribution in [-0.2, 0) is 0 Å². The van der Waals surface area contributed by atoms with Crippen LogP contribution >= 0.6 is 11.6 Å². The molecule has 2 aromatic heterocycles. The van der Waals surface area contributed by atoms with Gasteiger partial charge in [0.25, 0.3) is 5.78 Å². The van der Waals surface area contributed by atoms with Gasteiger partial charge in [0.05, 0.1) is 22.8 Å². The Hall–Kier alpha value is -2.79. The van der Waals surface area contributed by atoms with Crippen molar-refractivity contribution in [3.8, 4) is 17.2 Å². The monoisotopic (exact) mass is 376 g/mol. The SMILES string of the molecule is CC(C)[C@@H](C)Nc1c(-c2c(F)cc(C#N)cc2F)c(Cl)nc2ncnn12. The number of anilines is 1. The number of hydrogen-bond donors (Lipinski definition) is 1. The van der Waals surface area contributed by atoms with E-state index in [0.717, 1.165) is 12.1 Å². The lowest BCUT2D eigenvalue weighted by molar-refractivity contribution is 0.556. The van der Waals surface area contributed by atoms with Crippen molar-refractivity contribution in [3.63, 3.8) is 0 Å². The fourth-order valence-corrected chi connectivity index (χ4v) is 2.69. The van der Waals surface area contributed by atoms with Gasteiger partial charge in [0.1, 0.15) is 28.9 Å². The van der Waals surface area contributed by atoms with Gasteiger partial charge in [-0.15, -0.1) is 0 Å². The average molecular weight is 377 g/mol. The van der Waals surface area contributed by atoms with Crippen LogP contribution in [0.3, 0.4) is 0 Å². The van der Waals surface area contributed by atoms with Gasteiger partial charge in [-0.2, -0.15) is 24.8 Å². The van der Waals surface area contributed by atoms with Crippen molar-refractivity contribution < 1.29 is 8.78 Å². The molecule has 0 unspecified atom stereocenters. The third kappa shape index (κ3) is 3.06. The Morgan fingerprint density at radius 1 is 1.19 bits per heavy atom. The van der Waals surface area contributed by atoms with E-state index < -0.39 is 11.6 Å². The van der Waals surface area contributed by atoms with E-state index in [2.05, 4.69) is 20.4 Å². The first-order valence-corrected chi connectivity index (χ1v) is 8.26. The molecule has 1 aromatic carbocycles. The van der Waals surface area contributed by atoms with Crippen LogP contribution in [0.15, 0.2) is 18.5 Å². The lowest BCUT2D eigenvalue weighted by Crippen LogP contribution is -2.24. The molecule has 2 heterocycles. The van der Waals surface area contributed by atoms with E-state index in [1.807, 2.05) is 20.8 Å². The lowest BCUT2D eigenvalue weighted by atomic mass is 10.0. The van der Waals surface area contributed by atoms with E-state index in [0.29, 0.717) is 0 Å². The molecule has 0 aliphatic heterocycles. The molecule has 0 amide bonds. The number of hydrogen-bond acceptors (Lipinski definition) is 5. The molecule has 6 nitrogen and oxygen atoms in total. The van der Waals surface area contributed by atoms with Crippen molar-refractivity contribution in [3.05, 3.63) is 40.8 Å². The summed E-state index contributed by atoms with van der Waals surface area (Å²) in [6.45, 7) is 5.93. The minimum atomic E-state index is -0.912. The van der Waals surface area contributed by atoms with Gasteiger partial charge < -0.3 is 5.32 Å². The highest BCUT2D eigenvalue weighted by Gasteiger charge is 2.25. The number of fused-ring (bicyclic) bond motifs is 1. The van der Waals surface area contributed by atoms with E-state index in [-0.39, 0.29) is 45.4 Å². The van der Waals surface area contributed by atoms with Crippen LogP contribution in [0.2, 0.25) is 5.15 Å². The lowest BCUT2D eigenvalue weighted by Gasteiger charge is -2.22. The fraction of sp³-hybridized carbons (Fsp3) is 0.294. The molecule has 0 fully saturated rings. The molecular formula is C17H15ClF2N6. The molecule has 9 heteroatoms. The largest absolute Gasteiger partial charge is 0.367 e. The topological polar surface area (TPSA) is 78.9 Å². The van der Waals surface area contributed by atoms with Crippen molar-refractivity contribution in [2.45, 2.75) is 26.8 Å². The molecule has 0 spiro atoms. The van der Waals surface area contributed by atoms with E-state index >= 15 is 0 Å². The van der Waals surface area contributed by atoms with Gasteiger partial charge in [-0.05, 0) is 25.0 Å². The molecule has 26 heavy (non-hydrogen) atoms. The van der Waals surface area contributed by atoms with Crippen LogP contribution < -0.4 is 5.32 Å². The van der Waals surface area contributed by atoms with Crippen molar-refractivity contribution >= 4 is 23.2 Å². The van der Waals surface area contributed by atoms with E-state index in [9.17, 15) is 8.78 Å². The van der Waals surface area contributed by atoms with Crippen molar-refractivity contribution in [2.75, 3.05) is 5.32 Å². The number of nitrogens with zero attached hydrogens (tertiary/aromatic N) is 5. The first kappa shape index (κ1) is 18.0. The van der Waals surface area contributed by atoms with Gasteiger partial charge in [-0.25, -0.2) is 8.78 Å². The molecule has 134 valence electrons. The Bertz CT molecular complexity index is 1000. The summed E-state index contributed by atoms with van der Waals surface area (Å²) in [5, 5.41) is 16.1. The zero-order chi connectivity index (χ0) is 19.0. The second-order valence-corrected chi connectivity index (χ2v) is 6.56. The van der Waals surface area contributed by atoms with E-state index in [1.165, 1.54) is 10.8 Å². The molecule has 0 saturated heterocycles. The third-order valence-corrected chi connectivity index (χ3v) is 4.44. The summed E-state index contributed by atoms with van der Waals surface area (Å²) in [7, 11) is 0. The van der Waals surface area contributed by atoms with Crippen LogP contribution in [0.5, 0.6) is 0 Å². The molecule has 0 radical (unpaired) electrons. The molecular weight excluding hydrogens is 362 g/mol. The number of nitriles is 1. The Labute approximate surface area is 153 Å². The average Bonchev–Trinajstić information content (AvgIpc) is 3.04. The molecule has 0 saturated carbocycles. The van der Waals surface area contributed by atoms with Crippen molar-refractivity contribution in [1.82, 2.24) is 19.6 Å². The van der Waals surface area contributed by atoms with Crippen LogP contribution in [-0.4, -0.2) is 25.6 Å². The number of benzene rings is 1. The molecule has 1 N–H and O–H groups in total. The number of halogens is 3. The predicted molar refractivity (Wildman–Crippen MR) is 93.8 cm³/mol. The highest BCUT2D eigenvalue weighted by Crippen LogP contribution is 2.38. The summed E-state index contributed by atoms with van der Waals surface area (Å²) in [6, 6.07) is 3.57. The first-order valence-electron chi connectivity index (χ1n) is 7.88. The quantitative estimate of drug-likeness (QED) is 0.695. The second-order valence-electron chi connectivity index (χ2n) is 6.20. The minimum Gasteiger partial charge on any atom is -0.367 e. The summed E-state index contributed by atoms with van der Waals surface area (Å²) >= 11 is 6.25. The first-order chi connectivity index (χ1) is 12.3. The summed E-state index contributed by atoms with van der Waals surface area (Å²) in [5.41, 5.74) is -0.478. The smallest absolute Gasteiger partial charge is 0.255 e. The molecule has 0 aliphatic rings. The maximum atomic E-state index is 14.6. The van der Waals surface area contributed by atoms with Gasteiger partial charge >= 0.3 is 0 Å². The van der Waals surface area contributed by atoms with Gasteiger partial charge in [0.2, 0.25) is 0 Å². The standard InChI is InChI=1S/C17H15ClF2N6/c1-8(2)9(3)24-16-14(15(18)25-17-22-7-23-26(16)17)13-11(19)4-10(6-21)5-12(13)20/h4-5,7-9,24H,1-3H3/t9-/m1/s1. The normalized spacial score (nSPS) is 12.4. The van der Waals surface area contributed by atoms with Crippen LogP contribution in [0.1, 0.15) is 26.3 Å². The van der Waals surface area contributed by atoms with Gasteiger partial charge in [0, 0.05) is 6.04 Å². The van der Waals surface area contributed by atoms with Crippen LogP contribution in [0.4, 0.5) is 14.6 Å². The maximum absolute atomic E-state index is 14.6. The van der Waals surface area contributed by atoms with Crippen LogP contribution in [0, 0.1) is 28.9 Å². The zero-order valence-corrected chi connectivity index (χ0v) is 15.0. The van der Waals surface area contributed by atoms with Crippen LogP contribution in [0.25, 0.3) is 16.9 Å². The number of nitrogens with one attached hydrogen (secondary N) is 1.